The van der Waals surface area contributed by atoms with Crippen LogP contribution in [0.15, 0.2) is 40.0 Å². The lowest BCUT2D eigenvalue weighted by Crippen LogP contribution is -2.10. The number of carbonyl (C=O) groups is 1. The van der Waals surface area contributed by atoms with E-state index < -0.39 is 0 Å². The number of hydrogen-bond donors (Lipinski definition) is 1. The van der Waals surface area contributed by atoms with Crippen molar-refractivity contribution in [2.24, 2.45) is 5.73 Å². The van der Waals surface area contributed by atoms with Gasteiger partial charge in [-0.1, -0.05) is 42.1 Å². The van der Waals surface area contributed by atoms with E-state index in [9.17, 15) is 4.79 Å². The molecular weight excluding hydrogens is 250 g/mol. The topological polar surface area (TPSA) is 82.0 Å². The van der Waals surface area contributed by atoms with Crippen molar-refractivity contribution in [2.75, 3.05) is 5.75 Å². The number of primary amides is 1. The van der Waals surface area contributed by atoms with Crippen molar-refractivity contribution >= 4 is 17.7 Å². The quantitative estimate of drug-likeness (QED) is 0.801. The van der Waals surface area contributed by atoms with Gasteiger partial charge in [0.1, 0.15) is 0 Å². The van der Waals surface area contributed by atoms with Gasteiger partial charge in [-0.05, 0) is 5.56 Å². The second kappa shape index (κ2) is 6.20. The molecule has 1 heterocycles. The van der Waals surface area contributed by atoms with Gasteiger partial charge in [-0.2, -0.15) is 0 Å². The summed E-state index contributed by atoms with van der Waals surface area (Å²) in [4.78, 5) is 10.6. The fraction of sp³-hybridized carbons (Fsp3) is 0.250. The van der Waals surface area contributed by atoms with Gasteiger partial charge in [0.2, 0.25) is 11.8 Å². The van der Waals surface area contributed by atoms with Gasteiger partial charge in [0, 0.05) is 12.2 Å². The molecular formula is C12H13N3O2S. The zero-order valence-corrected chi connectivity index (χ0v) is 10.5. The Kier molecular flexibility index (Phi) is 4.35. The Morgan fingerprint density at radius 1 is 1.28 bits per heavy atom. The van der Waals surface area contributed by atoms with E-state index in [-0.39, 0.29) is 5.91 Å². The molecule has 0 spiro atoms. The van der Waals surface area contributed by atoms with Crippen LogP contribution in [-0.4, -0.2) is 21.9 Å². The molecule has 0 radical (unpaired) electrons. The third kappa shape index (κ3) is 3.89. The highest BCUT2D eigenvalue weighted by molar-refractivity contribution is 7.99. The van der Waals surface area contributed by atoms with Gasteiger partial charge in [0.15, 0.2) is 0 Å². The molecule has 1 amide bonds. The average Bonchev–Trinajstić information content (AvgIpc) is 2.78. The maximum absolute atomic E-state index is 10.6. The number of nitrogens with zero attached hydrogens (tertiary/aromatic N) is 2. The van der Waals surface area contributed by atoms with Crippen LogP contribution >= 0.6 is 11.8 Å². The van der Waals surface area contributed by atoms with Gasteiger partial charge in [-0.25, -0.2) is 0 Å². The second-order valence-electron chi connectivity index (χ2n) is 3.69. The molecule has 94 valence electrons. The first-order valence-corrected chi connectivity index (χ1v) is 6.50. The van der Waals surface area contributed by atoms with Crippen molar-refractivity contribution in [1.82, 2.24) is 10.2 Å². The predicted molar refractivity (Wildman–Crippen MR) is 68.1 cm³/mol. The first-order valence-electron chi connectivity index (χ1n) is 5.51. The van der Waals surface area contributed by atoms with Crippen molar-refractivity contribution < 1.29 is 9.21 Å². The van der Waals surface area contributed by atoms with E-state index in [2.05, 4.69) is 10.2 Å². The Labute approximate surface area is 109 Å². The summed E-state index contributed by atoms with van der Waals surface area (Å²) in [5.74, 6) is 0.803. The predicted octanol–water partition coefficient (Wildman–Crippen LogP) is 1.63. The molecule has 18 heavy (non-hydrogen) atoms. The van der Waals surface area contributed by atoms with Crippen molar-refractivity contribution in [1.29, 1.82) is 0 Å². The molecule has 0 atom stereocenters. The van der Waals surface area contributed by atoms with Gasteiger partial charge in [-0.15, -0.1) is 10.2 Å². The molecule has 0 fully saturated rings. The van der Waals surface area contributed by atoms with Crippen LogP contribution in [0.4, 0.5) is 0 Å². The summed E-state index contributed by atoms with van der Waals surface area (Å²) < 4.78 is 5.46. The van der Waals surface area contributed by atoms with E-state index in [4.69, 9.17) is 10.2 Å². The van der Waals surface area contributed by atoms with Crippen LogP contribution in [0.5, 0.6) is 0 Å². The van der Waals surface area contributed by atoms with E-state index in [0.29, 0.717) is 29.7 Å². The van der Waals surface area contributed by atoms with Crippen molar-refractivity contribution in [3.63, 3.8) is 0 Å². The average molecular weight is 263 g/mol. The third-order valence-electron chi connectivity index (χ3n) is 2.22. The van der Waals surface area contributed by atoms with E-state index in [1.54, 1.807) is 0 Å². The number of amides is 1. The number of rotatable bonds is 6. The molecule has 0 aliphatic carbocycles. The number of benzene rings is 1. The minimum absolute atomic E-state index is 0.307. The largest absolute Gasteiger partial charge is 0.416 e. The van der Waals surface area contributed by atoms with Crippen LogP contribution in [0.25, 0.3) is 0 Å². The monoisotopic (exact) mass is 263 g/mol. The van der Waals surface area contributed by atoms with Gasteiger partial charge >= 0.3 is 0 Å². The Hall–Kier alpha value is -1.82. The summed E-state index contributed by atoms with van der Waals surface area (Å²) in [6, 6.07) is 9.90. The number of thioether (sulfide) groups is 1. The van der Waals surface area contributed by atoms with E-state index >= 15 is 0 Å². The Morgan fingerprint density at radius 2 is 2.06 bits per heavy atom. The van der Waals surface area contributed by atoms with Crippen LogP contribution in [0.3, 0.4) is 0 Å². The van der Waals surface area contributed by atoms with Crippen molar-refractivity contribution in [3.8, 4) is 0 Å². The third-order valence-corrected chi connectivity index (χ3v) is 3.04. The lowest BCUT2D eigenvalue weighted by Gasteiger charge is -1.95. The maximum Gasteiger partial charge on any atom is 0.276 e. The molecule has 0 aliphatic rings. The highest BCUT2D eigenvalue weighted by Crippen LogP contribution is 2.18. The first-order chi connectivity index (χ1) is 8.74. The van der Waals surface area contributed by atoms with Crippen LogP contribution < -0.4 is 5.73 Å². The zero-order valence-electron chi connectivity index (χ0n) is 9.70. The normalized spacial score (nSPS) is 10.4. The first kappa shape index (κ1) is 12.6. The maximum atomic E-state index is 10.6. The summed E-state index contributed by atoms with van der Waals surface area (Å²) in [6.07, 6.45) is 0.922. The number of aromatic nitrogens is 2. The fourth-order valence-electron chi connectivity index (χ4n) is 1.38. The summed E-state index contributed by atoms with van der Waals surface area (Å²) in [7, 11) is 0. The van der Waals surface area contributed by atoms with Crippen molar-refractivity contribution in [2.45, 2.75) is 18.1 Å². The standard InChI is InChI=1S/C12H13N3O2S/c13-10(16)6-7-18-12-15-14-11(17-12)8-9-4-2-1-3-5-9/h1-5H,6-8H2,(H2,13,16). The van der Waals surface area contributed by atoms with E-state index in [1.165, 1.54) is 11.8 Å². The lowest BCUT2D eigenvalue weighted by molar-refractivity contribution is -0.117. The zero-order chi connectivity index (χ0) is 12.8. The Balaban J connectivity index is 1.88. The second-order valence-corrected chi connectivity index (χ2v) is 4.74. The molecule has 0 bridgehead atoms. The van der Waals surface area contributed by atoms with E-state index in [0.717, 1.165) is 5.56 Å². The molecule has 2 aromatic rings. The summed E-state index contributed by atoms with van der Waals surface area (Å²) >= 11 is 1.34. The molecule has 2 N–H and O–H groups in total. The van der Waals surface area contributed by atoms with Crippen LogP contribution in [0.2, 0.25) is 0 Å². The molecule has 0 saturated carbocycles. The molecule has 2 rings (SSSR count). The fourth-order valence-corrected chi connectivity index (χ4v) is 2.11. The Bertz CT molecular complexity index is 513. The summed E-state index contributed by atoms with van der Waals surface area (Å²) in [6.45, 7) is 0. The van der Waals surface area contributed by atoms with Crippen molar-refractivity contribution in [3.05, 3.63) is 41.8 Å². The Morgan fingerprint density at radius 3 is 2.78 bits per heavy atom. The molecule has 6 heteroatoms. The lowest BCUT2D eigenvalue weighted by atomic mass is 10.2. The SMILES string of the molecule is NC(=O)CCSc1nnc(Cc2ccccc2)o1. The van der Waals surface area contributed by atoms with Crippen LogP contribution in [0.1, 0.15) is 17.9 Å². The number of nitrogens with two attached hydrogens (primary N) is 1. The minimum Gasteiger partial charge on any atom is -0.416 e. The van der Waals surface area contributed by atoms with Gasteiger partial charge < -0.3 is 10.2 Å². The van der Waals surface area contributed by atoms with E-state index in [1.807, 2.05) is 30.3 Å². The summed E-state index contributed by atoms with van der Waals surface area (Å²) in [5, 5.41) is 8.33. The van der Waals surface area contributed by atoms with Gasteiger partial charge in [0.05, 0.1) is 6.42 Å². The molecule has 1 aromatic carbocycles. The molecule has 0 unspecified atom stereocenters. The highest BCUT2D eigenvalue weighted by Gasteiger charge is 2.07. The molecule has 0 saturated heterocycles. The number of carbonyl (C=O) groups excluding carboxylic acids is 1. The minimum atomic E-state index is -0.327. The molecule has 1 aromatic heterocycles. The summed E-state index contributed by atoms with van der Waals surface area (Å²) in [5.41, 5.74) is 6.17. The number of hydrogen-bond acceptors (Lipinski definition) is 5. The molecule has 0 aliphatic heterocycles. The molecule has 5 nitrogen and oxygen atoms in total. The van der Waals surface area contributed by atoms with Crippen LogP contribution in [-0.2, 0) is 11.2 Å². The van der Waals surface area contributed by atoms with Gasteiger partial charge in [-0.3, -0.25) is 4.79 Å². The van der Waals surface area contributed by atoms with Gasteiger partial charge in [0.25, 0.3) is 5.22 Å². The highest BCUT2D eigenvalue weighted by atomic mass is 32.2. The van der Waals surface area contributed by atoms with Crippen LogP contribution in [0, 0.1) is 0 Å². The smallest absolute Gasteiger partial charge is 0.276 e.